The first kappa shape index (κ1) is 16.8. The highest BCUT2D eigenvalue weighted by Gasteiger charge is 2.34. The third kappa shape index (κ3) is 2.90. The Balaban J connectivity index is 1.54. The van der Waals surface area contributed by atoms with E-state index in [0.29, 0.717) is 30.4 Å². The second-order valence-electron chi connectivity index (χ2n) is 6.93. The summed E-state index contributed by atoms with van der Waals surface area (Å²) >= 11 is 0. The van der Waals surface area contributed by atoms with Crippen LogP contribution in [0.1, 0.15) is 23.2 Å². The zero-order valence-corrected chi connectivity index (χ0v) is 14.7. The van der Waals surface area contributed by atoms with Crippen LogP contribution in [0.3, 0.4) is 0 Å². The molecule has 0 aromatic heterocycles. The number of piperazine rings is 1. The summed E-state index contributed by atoms with van der Waals surface area (Å²) in [6.45, 7) is 3.30. The first-order chi connectivity index (χ1) is 12.5. The molecule has 0 spiro atoms. The summed E-state index contributed by atoms with van der Waals surface area (Å²) in [7, 11) is 1.59. The fraction of sp³-hybridized carbons (Fsp3) is 0.500. The lowest BCUT2D eigenvalue weighted by molar-refractivity contribution is -0.136. The van der Waals surface area contributed by atoms with E-state index in [1.54, 1.807) is 19.2 Å². The molecule has 3 aliphatic rings. The zero-order valence-electron chi connectivity index (χ0n) is 14.7. The lowest BCUT2D eigenvalue weighted by atomic mass is 10.0. The molecule has 1 aromatic rings. The van der Waals surface area contributed by atoms with Crippen molar-refractivity contribution >= 4 is 23.4 Å². The van der Waals surface area contributed by atoms with Crippen molar-refractivity contribution in [1.82, 2.24) is 15.5 Å². The van der Waals surface area contributed by atoms with E-state index in [2.05, 4.69) is 15.5 Å². The Labute approximate surface area is 151 Å². The van der Waals surface area contributed by atoms with Gasteiger partial charge in [0.25, 0.3) is 5.91 Å². The molecular weight excluding hydrogens is 336 g/mol. The average Bonchev–Trinajstić information content (AvgIpc) is 2.66. The van der Waals surface area contributed by atoms with Gasteiger partial charge in [0.15, 0.2) is 0 Å². The number of amides is 3. The van der Waals surface area contributed by atoms with Gasteiger partial charge in [-0.3, -0.25) is 19.7 Å². The first-order valence-electron chi connectivity index (χ1n) is 8.89. The molecule has 26 heavy (non-hydrogen) atoms. The second-order valence-corrected chi connectivity index (χ2v) is 6.93. The van der Waals surface area contributed by atoms with E-state index >= 15 is 0 Å². The molecule has 2 saturated heterocycles. The number of likely N-dealkylation sites (N-methyl/N-ethyl adjacent to an activating group) is 1. The normalized spacial score (nSPS) is 24.9. The number of fused-ring (bicyclic) bond motifs is 3. The van der Waals surface area contributed by atoms with Crippen LogP contribution in [0.5, 0.6) is 5.75 Å². The summed E-state index contributed by atoms with van der Waals surface area (Å²) in [4.78, 5) is 39.8. The highest BCUT2D eigenvalue weighted by atomic mass is 16.5. The summed E-state index contributed by atoms with van der Waals surface area (Å²) in [5.41, 5.74) is 1.48. The summed E-state index contributed by atoms with van der Waals surface area (Å²) in [6.07, 6.45) is 0.586. The molecular formula is C18H22N4O4. The highest BCUT2D eigenvalue weighted by molar-refractivity contribution is 6.04. The van der Waals surface area contributed by atoms with Gasteiger partial charge in [0.05, 0.1) is 11.7 Å². The second kappa shape index (κ2) is 6.60. The van der Waals surface area contributed by atoms with E-state index in [4.69, 9.17) is 4.74 Å². The van der Waals surface area contributed by atoms with Gasteiger partial charge in [-0.05, 0) is 24.6 Å². The molecule has 2 unspecified atom stereocenters. The number of benzene rings is 1. The van der Waals surface area contributed by atoms with Crippen LogP contribution in [0.25, 0.3) is 0 Å². The minimum atomic E-state index is -0.630. The molecule has 3 aliphatic heterocycles. The van der Waals surface area contributed by atoms with Crippen LogP contribution in [-0.4, -0.2) is 68.0 Å². The standard InChI is InChI=1S/C18H22N4O4/c1-21(14-4-5-16(23)20-17(14)24)18(25)11-2-3-13-15(8-11)26-10-12-9-19-6-7-22(12)13/h2-3,8,12,14,19H,4-7,9-10H2,1H3,(H,20,23,24). The number of nitrogens with zero attached hydrogens (tertiary/aromatic N) is 2. The van der Waals surface area contributed by atoms with Crippen LogP contribution >= 0.6 is 0 Å². The van der Waals surface area contributed by atoms with E-state index in [1.165, 1.54) is 4.90 Å². The molecule has 0 radical (unpaired) electrons. The average molecular weight is 358 g/mol. The van der Waals surface area contributed by atoms with Crippen LogP contribution in [0, 0.1) is 0 Å². The van der Waals surface area contributed by atoms with Crippen LogP contribution in [0.2, 0.25) is 0 Å². The predicted octanol–water partition coefficient (Wildman–Crippen LogP) is -0.266. The van der Waals surface area contributed by atoms with Gasteiger partial charge in [-0.1, -0.05) is 0 Å². The van der Waals surface area contributed by atoms with Crippen LogP contribution in [0.4, 0.5) is 5.69 Å². The van der Waals surface area contributed by atoms with E-state index in [9.17, 15) is 14.4 Å². The number of hydrogen-bond acceptors (Lipinski definition) is 6. The van der Waals surface area contributed by atoms with Gasteiger partial charge in [0.2, 0.25) is 11.8 Å². The predicted molar refractivity (Wildman–Crippen MR) is 94.2 cm³/mol. The van der Waals surface area contributed by atoms with E-state index in [-0.39, 0.29) is 18.2 Å². The highest BCUT2D eigenvalue weighted by Crippen LogP contribution is 2.35. The molecule has 0 bridgehead atoms. The van der Waals surface area contributed by atoms with E-state index < -0.39 is 11.9 Å². The Morgan fingerprint density at radius 2 is 2.19 bits per heavy atom. The molecule has 0 saturated carbocycles. The largest absolute Gasteiger partial charge is 0.489 e. The fourth-order valence-electron chi connectivity index (χ4n) is 3.81. The van der Waals surface area contributed by atoms with Gasteiger partial charge in [0, 0.05) is 38.7 Å². The maximum atomic E-state index is 12.8. The van der Waals surface area contributed by atoms with Gasteiger partial charge >= 0.3 is 0 Å². The Bertz CT molecular complexity index is 766. The van der Waals surface area contributed by atoms with Gasteiger partial charge in [-0.25, -0.2) is 0 Å². The minimum Gasteiger partial charge on any atom is -0.489 e. The SMILES string of the molecule is CN(C(=O)c1ccc2c(c1)OCC1CNCCN21)C1CCC(=O)NC1=O. The first-order valence-corrected chi connectivity index (χ1v) is 8.89. The van der Waals surface area contributed by atoms with E-state index in [1.807, 2.05) is 6.07 Å². The molecule has 2 atom stereocenters. The Morgan fingerprint density at radius 1 is 1.35 bits per heavy atom. The summed E-state index contributed by atoms with van der Waals surface area (Å²) in [5, 5.41) is 5.65. The van der Waals surface area contributed by atoms with Crippen molar-refractivity contribution in [3.63, 3.8) is 0 Å². The van der Waals surface area contributed by atoms with Crippen LogP contribution in [-0.2, 0) is 9.59 Å². The number of carbonyl (C=O) groups excluding carboxylic acids is 3. The molecule has 138 valence electrons. The van der Waals surface area contributed by atoms with Crippen molar-refractivity contribution in [2.45, 2.75) is 24.9 Å². The molecule has 4 rings (SSSR count). The molecule has 0 aliphatic carbocycles. The van der Waals surface area contributed by atoms with Crippen molar-refractivity contribution < 1.29 is 19.1 Å². The van der Waals surface area contributed by atoms with Crippen molar-refractivity contribution in [2.24, 2.45) is 0 Å². The van der Waals surface area contributed by atoms with Gasteiger partial charge in [-0.15, -0.1) is 0 Å². The number of anilines is 1. The molecule has 2 N–H and O–H groups in total. The maximum absolute atomic E-state index is 12.8. The number of imide groups is 1. The third-order valence-corrected chi connectivity index (χ3v) is 5.30. The van der Waals surface area contributed by atoms with Gasteiger partial charge < -0.3 is 19.9 Å². The maximum Gasteiger partial charge on any atom is 0.254 e. The Hall–Kier alpha value is -2.61. The summed E-state index contributed by atoms with van der Waals surface area (Å²) in [6, 6.07) is 5.12. The number of rotatable bonds is 2. The Kier molecular flexibility index (Phi) is 4.28. The summed E-state index contributed by atoms with van der Waals surface area (Å²) in [5.74, 6) is -0.270. The summed E-state index contributed by atoms with van der Waals surface area (Å²) < 4.78 is 5.87. The lowest BCUT2D eigenvalue weighted by Crippen LogP contribution is -2.55. The molecule has 1 aromatic carbocycles. The third-order valence-electron chi connectivity index (χ3n) is 5.30. The van der Waals surface area contributed by atoms with Gasteiger partial charge in [0.1, 0.15) is 18.4 Å². The van der Waals surface area contributed by atoms with Crippen molar-refractivity contribution in [1.29, 1.82) is 0 Å². The van der Waals surface area contributed by atoms with Crippen molar-refractivity contribution in [3.8, 4) is 5.75 Å². The number of piperidine rings is 1. The van der Waals surface area contributed by atoms with Crippen molar-refractivity contribution in [3.05, 3.63) is 23.8 Å². The van der Waals surface area contributed by atoms with Crippen molar-refractivity contribution in [2.75, 3.05) is 38.2 Å². The molecule has 8 heteroatoms. The topological polar surface area (TPSA) is 91.0 Å². The molecule has 3 heterocycles. The number of hydrogen-bond donors (Lipinski definition) is 2. The fourth-order valence-corrected chi connectivity index (χ4v) is 3.81. The van der Waals surface area contributed by atoms with E-state index in [0.717, 1.165) is 25.3 Å². The zero-order chi connectivity index (χ0) is 18.3. The lowest BCUT2D eigenvalue weighted by Gasteiger charge is -2.42. The number of nitrogens with one attached hydrogen (secondary N) is 2. The van der Waals surface area contributed by atoms with Crippen LogP contribution < -0.4 is 20.3 Å². The Morgan fingerprint density at radius 3 is 3.00 bits per heavy atom. The number of carbonyl (C=O) groups is 3. The minimum absolute atomic E-state index is 0.242. The number of ether oxygens (including phenoxy) is 1. The molecule has 3 amide bonds. The van der Waals surface area contributed by atoms with Gasteiger partial charge in [-0.2, -0.15) is 0 Å². The molecule has 8 nitrogen and oxygen atoms in total. The monoisotopic (exact) mass is 358 g/mol. The smallest absolute Gasteiger partial charge is 0.254 e. The quantitative estimate of drug-likeness (QED) is 0.708. The molecule has 2 fully saturated rings. The van der Waals surface area contributed by atoms with Crippen LogP contribution in [0.15, 0.2) is 18.2 Å².